The normalized spacial score (nSPS) is 14.2. The Morgan fingerprint density at radius 2 is 1.88 bits per heavy atom. The lowest BCUT2D eigenvalue weighted by atomic mass is 9.95. The summed E-state index contributed by atoms with van der Waals surface area (Å²) in [5, 5.41) is 9.12. The second-order valence-electron chi connectivity index (χ2n) is 7.46. The monoisotopic (exact) mass is 559 g/mol. The summed E-state index contributed by atoms with van der Waals surface area (Å²) in [5.41, 5.74) is 2.34. The molecule has 1 amide bonds. The maximum Gasteiger partial charge on any atom is 0.341 e. The van der Waals surface area contributed by atoms with E-state index < -0.39 is 21.8 Å². The summed E-state index contributed by atoms with van der Waals surface area (Å²) in [5.74, 6) is -0.876. The molecule has 1 aliphatic carbocycles. The highest BCUT2D eigenvalue weighted by Crippen LogP contribution is 2.38. The van der Waals surface area contributed by atoms with Gasteiger partial charge in [-0.1, -0.05) is 65.1 Å². The molecular formula is C23H24Cl3N3O3S2. The number of alkyl halides is 3. The number of thiophene rings is 1. The molecule has 0 aliphatic heterocycles. The number of hydrogen-bond donors (Lipinski definition) is 3. The van der Waals surface area contributed by atoms with Crippen molar-refractivity contribution in [3.63, 3.8) is 0 Å². The van der Waals surface area contributed by atoms with Crippen molar-refractivity contribution in [2.24, 2.45) is 0 Å². The Balaban J connectivity index is 1.72. The van der Waals surface area contributed by atoms with Crippen LogP contribution >= 0.6 is 58.4 Å². The molecule has 11 heteroatoms. The maximum absolute atomic E-state index is 12.6. The lowest BCUT2D eigenvalue weighted by molar-refractivity contribution is -0.117. The minimum absolute atomic E-state index is 0.0906. The van der Waals surface area contributed by atoms with E-state index in [9.17, 15) is 9.59 Å². The highest BCUT2D eigenvalue weighted by Gasteiger charge is 2.35. The molecule has 1 aromatic carbocycles. The zero-order valence-electron chi connectivity index (χ0n) is 18.3. The molecule has 6 nitrogen and oxygen atoms in total. The largest absolute Gasteiger partial charge is 0.462 e. The molecule has 0 radical (unpaired) electrons. The number of esters is 1. The fourth-order valence-electron chi connectivity index (χ4n) is 3.47. The van der Waals surface area contributed by atoms with Gasteiger partial charge in [-0.05, 0) is 62.0 Å². The molecule has 34 heavy (non-hydrogen) atoms. The number of carbonyl (C=O) groups is 2. The topological polar surface area (TPSA) is 79.5 Å². The molecule has 3 rings (SSSR count). The summed E-state index contributed by atoms with van der Waals surface area (Å²) >= 11 is 25.1. The van der Waals surface area contributed by atoms with E-state index in [0.29, 0.717) is 10.6 Å². The number of fused-ring (bicyclic) bond motifs is 1. The predicted molar refractivity (Wildman–Crippen MR) is 144 cm³/mol. The first-order valence-corrected chi connectivity index (χ1v) is 13.0. The zero-order chi connectivity index (χ0) is 24.7. The van der Waals surface area contributed by atoms with Crippen LogP contribution in [-0.2, 0) is 22.4 Å². The molecule has 0 saturated carbocycles. The average Bonchev–Trinajstić information content (AvgIpc) is 3.15. The van der Waals surface area contributed by atoms with Crippen molar-refractivity contribution in [3.8, 4) is 0 Å². The molecule has 182 valence electrons. The second kappa shape index (κ2) is 12.2. The summed E-state index contributed by atoms with van der Waals surface area (Å²) in [4.78, 5) is 26.2. The van der Waals surface area contributed by atoms with Crippen LogP contribution in [0.25, 0.3) is 6.08 Å². The van der Waals surface area contributed by atoms with E-state index in [1.807, 2.05) is 30.3 Å². The molecular weight excluding hydrogens is 537 g/mol. The second-order valence-corrected chi connectivity index (χ2v) is 11.3. The summed E-state index contributed by atoms with van der Waals surface area (Å²) in [7, 11) is 0. The van der Waals surface area contributed by atoms with Crippen molar-refractivity contribution in [2.75, 3.05) is 11.9 Å². The van der Waals surface area contributed by atoms with Gasteiger partial charge in [-0.2, -0.15) is 0 Å². The molecule has 1 aromatic heterocycles. The first kappa shape index (κ1) is 26.8. The van der Waals surface area contributed by atoms with Crippen molar-refractivity contribution in [1.29, 1.82) is 0 Å². The highest BCUT2D eigenvalue weighted by atomic mass is 35.6. The minimum atomic E-state index is -1.90. The van der Waals surface area contributed by atoms with Crippen molar-refractivity contribution in [2.45, 2.75) is 42.6 Å². The molecule has 1 heterocycles. The van der Waals surface area contributed by atoms with Crippen LogP contribution in [0.5, 0.6) is 0 Å². The summed E-state index contributed by atoms with van der Waals surface area (Å²) < 4.78 is 3.36. The Hall–Kier alpha value is -1.84. The van der Waals surface area contributed by atoms with E-state index in [1.54, 1.807) is 13.0 Å². The van der Waals surface area contributed by atoms with Crippen LogP contribution in [0.4, 0.5) is 5.00 Å². The minimum Gasteiger partial charge on any atom is -0.462 e. The fourth-order valence-corrected chi connectivity index (χ4v) is 5.36. The van der Waals surface area contributed by atoms with Crippen molar-refractivity contribution in [3.05, 3.63) is 58.0 Å². The van der Waals surface area contributed by atoms with E-state index >= 15 is 0 Å². The molecule has 1 unspecified atom stereocenters. The van der Waals surface area contributed by atoms with E-state index in [-0.39, 0.29) is 11.7 Å². The Kier molecular flexibility index (Phi) is 9.62. The number of nitrogens with one attached hydrogen (secondary N) is 3. The van der Waals surface area contributed by atoms with Crippen molar-refractivity contribution in [1.82, 2.24) is 10.6 Å². The lowest BCUT2D eigenvalue weighted by Gasteiger charge is -2.27. The molecule has 2 aromatic rings. The number of halogens is 3. The molecule has 0 bridgehead atoms. The number of anilines is 1. The highest BCUT2D eigenvalue weighted by molar-refractivity contribution is 7.80. The van der Waals surface area contributed by atoms with Gasteiger partial charge < -0.3 is 20.7 Å². The van der Waals surface area contributed by atoms with Gasteiger partial charge >= 0.3 is 5.97 Å². The fraction of sp³-hybridized carbons (Fsp3) is 0.348. The lowest BCUT2D eigenvalue weighted by Crippen LogP contribution is -2.55. The van der Waals surface area contributed by atoms with Gasteiger partial charge in [0.2, 0.25) is 9.70 Å². The van der Waals surface area contributed by atoms with Crippen molar-refractivity contribution < 1.29 is 14.3 Å². The Morgan fingerprint density at radius 1 is 1.18 bits per heavy atom. The van der Waals surface area contributed by atoms with Gasteiger partial charge in [0, 0.05) is 11.0 Å². The summed E-state index contributed by atoms with van der Waals surface area (Å²) in [6.07, 6.45) is 5.63. The van der Waals surface area contributed by atoms with Gasteiger partial charge in [0.15, 0.2) is 5.11 Å². The summed E-state index contributed by atoms with van der Waals surface area (Å²) in [6, 6.07) is 9.32. The van der Waals surface area contributed by atoms with Crippen LogP contribution in [0.2, 0.25) is 0 Å². The quantitative estimate of drug-likeness (QED) is 0.134. The summed E-state index contributed by atoms with van der Waals surface area (Å²) in [6.45, 7) is 2.03. The first-order valence-electron chi connectivity index (χ1n) is 10.7. The van der Waals surface area contributed by atoms with Crippen LogP contribution in [0.3, 0.4) is 0 Å². The number of thiocarbonyl (C=S) groups is 1. The van der Waals surface area contributed by atoms with E-state index in [1.165, 1.54) is 17.4 Å². The van der Waals surface area contributed by atoms with Gasteiger partial charge in [0.05, 0.1) is 12.2 Å². The number of ether oxygens (including phenoxy) is 1. The van der Waals surface area contributed by atoms with Gasteiger partial charge in [0.25, 0.3) is 0 Å². The third-order valence-electron chi connectivity index (χ3n) is 4.99. The molecule has 0 saturated heterocycles. The number of benzene rings is 1. The Labute approximate surface area is 223 Å². The molecule has 0 spiro atoms. The Bertz CT molecular complexity index is 1070. The molecule has 1 aliphatic rings. The number of rotatable bonds is 7. The van der Waals surface area contributed by atoms with Gasteiger partial charge in [-0.15, -0.1) is 11.3 Å². The third kappa shape index (κ3) is 7.33. The third-order valence-corrected chi connectivity index (χ3v) is 7.08. The molecule has 3 N–H and O–H groups in total. The van der Waals surface area contributed by atoms with Gasteiger partial charge in [0.1, 0.15) is 11.2 Å². The smallest absolute Gasteiger partial charge is 0.341 e. The first-order chi connectivity index (χ1) is 16.2. The van der Waals surface area contributed by atoms with Gasteiger partial charge in [-0.25, -0.2) is 4.79 Å². The van der Waals surface area contributed by atoms with Gasteiger partial charge in [-0.3, -0.25) is 4.79 Å². The average molecular weight is 561 g/mol. The number of carbonyl (C=O) groups excluding carboxylic acids is 2. The zero-order valence-corrected chi connectivity index (χ0v) is 22.2. The van der Waals surface area contributed by atoms with Crippen LogP contribution in [0.1, 0.15) is 46.1 Å². The van der Waals surface area contributed by atoms with Crippen LogP contribution in [0, 0.1) is 0 Å². The predicted octanol–water partition coefficient (Wildman–Crippen LogP) is 5.62. The van der Waals surface area contributed by atoms with Crippen molar-refractivity contribution >= 4 is 86.4 Å². The standard InChI is InChI=1S/C23H24Cl3N3O3S2/c1-2-32-20(31)18-15-10-6-7-11-16(15)34-19(18)28-22(33)29-21(23(24,25)26)27-17(30)13-12-14-8-4-3-5-9-14/h3-5,8-9,12-13,21H,2,6-7,10-11H2,1H3,(H,27,30)(H2,28,29,33)/b13-12+. The van der Waals surface area contributed by atoms with E-state index in [4.69, 9.17) is 51.8 Å². The molecule has 1 atom stereocenters. The SMILES string of the molecule is CCOC(=O)c1c(NC(=S)NC(NC(=O)/C=C/c2ccccc2)C(Cl)(Cl)Cl)sc2c1CCCC2. The van der Waals surface area contributed by atoms with E-state index in [2.05, 4.69) is 16.0 Å². The van der Waals surface area contributed by atoms with E-state index in [0.717, 1.165) is 41.7 Å². The Morgan fingerprint density at radius 3 is 2.56 bits per heavy atom. The molecule has 0 fully saturated rings. The number of amides is 1. The number of aryl methyl sites for hydroxylation is 1. The van der Waals surface area contributed by atoms with Crippen LogP contribution in [-0.4, -0.2) is 33.6 Å². The van der Waals surface area contributed by atoms with Crippen LogP contribution < -0.4 is 16.0 Å². The maximum atomic E-state index is 12.6. The number of hydrogen-bond acceptors (Lipinski definition) is 5. The van der Waals surface area contributed by atoms with Crippen LogP contribution in [0.15, 0.2) is 36.4 Å².